The second-order valence-corrected chi connectivity index (χ2v) is 3.23. The quantitative estimate of drug-likeness (QED) is 0.755. The zero-order valence-electron chi connectivity index (χ0n) is 8.19. The monoisotopic (exact) mass is 204 g/mol. The van der Waals surface area contributed by atoms with Crippen molar-refractivity contribution in [2.24, 2.45) is 5.73 Å². The second kappa shape index (κ2) is 4.14. The Kier molecular flexibility index (Phi) is 2.69. The summed E-state index contributed by atoms with van der Waals surface area (Å²) in [5.41, 5.74) is 7.09. The zero-order valence-corrected chi connectivity index (χ0v) is 8.19. The van der Waals surface area contributed by atoms with Gasteiger partial charge in [0.15, 0.2) is 6.61 Å². The van der Waals surface area contributed by atoms with E-state index in [9.17, 15) is 4.79 Å². The molecule has 0 atom stereocenters. The molecule has 1 amide bonds. The molecule has 0 saturated carbocycles. The average molecular weight is 204 g/mol. The van der Waals surface area contributed by atoms with Crippen molar-refractivity contribution in [2.45, 2.75) is 0 Å². The molecule has 0 saturated heterocycles. The van der Waals surface area contributed by atoms with Crippen molar-refractivity contribution in [3.63, 3.8) is 0 Å². The lowest BCUT2D eigenvalue weighted by Gasteiger charge is -2.17. The summed E-state index contributed by atoms with van der Waals surface area (Å²) in [5.74, 6) is 0.585. The van der Waals surface area contributed by atoms with Crippen LogP contribution in [0.15, 0.2) is 24.3 Å². The van der Waals surface area contributed by atoms with Gasteiger partial charge in [-0.1, -0.05) is 18.2 Å². The highest BCUT2D eigenvalue weighted by atomic mass is 16.5. The van der Waals surface area contributed by atoms with Crippen LogP contribution in [0.2, 0.25) is 0 Å². The number of benzene rings is 1. The van der Waals surface area contributed by atoms with Gasteiger partial charge in [0, 0.05) is 6.54 Å². The third-order valence-corrected chi connectivity index (χ3v) is 2.08. The number of fused-ring (bicyclic) bond motifs is 1. The summed E-state index contributed by atoms with van der Waals surface area (Å²) in [5, 5.41) is 2.73. The lowest BCUT2D eigenvalue weighted by molar-refractivity contribution is -0.118. The van der Waals surface area contributed by atoms with Crippen LogP contribution in [-0.4, -0.2) is 19.1 Å². The Bertz CT molecular complexity index is 413. The molecule has 3 N–H and O–H groups in total. The first-order valence-corrected chi connectivity index (χ1v) is 4.73. The van der Waals surface area contributed by atoms with Gasteiger partial charge >= 0.3 is 0 Å². The number of amides is 1. The van der Waals surface area contributed by atoms with Crippen molar-refractivity contribution in [1.82, 2.24) is 0 Å². The highest BCUT2D eigenvalue weighted by Crippen LogP contribution is 2.28. The molecule has 1 heterocycles. The fraction of sp³-hybridized carbons (Fsp3) is 0.182. The summed E-state index contributed by atoms with van der Waals surface area (Å²) in [6, 6.07) is 5.60. The third-order valence-electron chi connectivity index (χ3n) is 2.08. The molecule has 2 rings (SSSR count). The van der Waals surface area contributed by atoms with Crippen LogP contribution in [0.3, 0.4) is 0 Å². The van der Waals surface area contributed by atoms with Crippen LogP contribution < -0.4 is 15.8 Å². The van der Waals surface area contributed by atoms with E-state index in [4.69, 9.17) is 10.5 Å². The molecule has 0 aromatic heterocycles. The summed E-state index contributed by atoms with van der Waals surface area (Å²) in [6.45, 7) is 0.589. The maximum absolute atomic E-state index is 11.0. The molecule has 0 bridgehead atoms. The van der Waals surface area contributed by atoms with Crippen molar-refractivity contribution in [1.29, 1.82) is 0 Å². The highest BCUT2D eigenvalue weighted by molar-refractivity contribution is 5.95. The fourth-order valence-corrected chi connectivity index (χ4v) is 1.40. The Labute approximate surface area is 87.7 Å². The number of carbonyl (C=O) groups excluding carboxylic acids is 1. The molecule has 4 heteroatoms. The number of nitrogens with one attached hydrogen (secondary N) is 1. The summed E-state index contributed by atoms with van der Waals surface area (Å²) < 4.78 is 5.28. The van der Waals surface area contributed by atoms with E-state index < -0.39 is 0 Å². The lowest BCUT2D eigenvalue weighted by Crippen LogP contribution is -2.25. The third kappa shape index (κ3) is 2.16. The van der Waals surface area contributed by atoms with Gasteiger partial charge in [-0.3, -0.25) is 4.79 Å². The molecular formula is C11H12N2O2. The van der Waals surface area contributed by atoms with E-state index in [0.717, 1.165) is 11.3 Å². The van der Waals surface area contributed by atoms with Crippen LogP contribution in [-0.2, 0) is 4.79 Å². The van der Waals surface area contributed by atoms with E-state index in [-0.39, 0.29) is 12.5 Å². The van der Waals surface area contributed by atoms with Gasteiger partial charge < -0.3 is 15.8 Å². The maximum Gasteiger partial charge on any atom is 0.262 e. The minimum absolute atomic E-state index is 0.0804. The topological polar surface area (TPSA) is 64.3 Å². The first-order valence-electron chi connectivity index (χ1n) is 4.73. The van der Waals surface area contributed by atoms with E-state index in [1.807, 2.05) is 30.4 Å². The number of hydrogen-bond donors (Lipinski definition) is 2. The highest BCUT2D eigenvalue weighted by Gasteiger charge is 2.14. The molecule has 1 aliphatic rings. The molecule has 0 radical (unpaired) electrons. The molecule has 0 aliphatic carbocycles. The van der Waals surface area contributed by atoms with E-state index >= 15 is 0 Å². The van der Waals surface area contributed by atoms with Crippen molar-refractivity contribution in [2.75, 3.05) is 18.5 Å². The van der Waals surface area contributed by atoms with Gasteiger partial charge in [-0.15, -0.1) is 0 Å². The van der Waals surface area contributed by atoms with Gasteiger partial charge in [-0.2, -0.15) is 0 Å². The van der Waals surface area contributed by atoms with Gasteiger partial charge in [-0.25, -0.2) is 0 Å². The molecule has 4 nitrogen and oxygen atoms in total. The average Bonchev–Trinajstić information content (AvgIpc) is 2.26. The second-order valence-electron chi connectivity index (χ2n) is 3.23. The van der Waals surface area contributed by atoms with Crippen LogP contribution >= 0.6 is 0 Å². The largest absolute Gasteiger partial charge is 0.482 e. The van der Waals surface area contributed by atoms with Gasteiger partial charge in [0.05, 0.1) is 5.69 Å². The molecule has 78 valence electrons. The predicted molar refractivity (Wildman–Crippen MR) is 58.7 cm³/mol. The van der Waals surface area contributed by atoms with E-state index in [2.05, 4.69) is 5.32 Å². The van der Waals surface area contributed by atoms with Crippen LogP contribution in [0.5, 0.6) is 5.75 Å². The summed E-state index contributed by atoms with van der Waals surface area (Å²) in [6.07, 6.45) is 3.78. The minimum Gasteiger partial charge on any atom is -0.482 e. The number of anilines is 1. The van der Waals surface area contributed by atoms with Gasteiger partial charge in [0.1, 0.15) is 5.75 Å². The Morgan fingerprint density at radius 2 is 2.40 bits per heavy atom. The molecule has 1 aromatic rings. The molecule has 0 spiro atoms. The molecule has 1 aromatic carbocycles. The Morgan fingerprint density at radius 3 is 3.20 bits per heavy atom. The van der Waals surface area contributed by atoms with Crippen LogP contribution in [0.4, 0.5) is 5.69 Å². The van der Waals surface area contributed by atoms with Crippen LogP contribution in [0.1, 0.15) is 5.56 Å². The van der Waals surface area contributed by atoms with Gasteiger partial charge in [0.25, 0.3) is 5.91 Å². The summed E-state index contributed by atoms with van der Waals surface area (Å²) in [4.78, 5) is 11.0. The normalized spacial score (nSPS) is 14.6. The Morgan fingerprint density at radius 1 is 1.53 bits per heavy atom. The lowest BCUT2D eigenvalue weighted by atomic mass is 10.1. The Hall–Kier alpha value is -1.81. The Balaban J connectivity index is 2.26. The number of hydrogen-bond acceptors (Lipinski definition) is 3. The van der Waals surface area contributed by atoms with E-state index in [1.165, 1.54) is 0 Å². The molecule has 1 aliphatic heterocycles. The number of rotatable bonds is 2. The number of ether oxygens (including phenoxy) is 1. The zero-order chi connectivity index (χ0) is 10.7. The van der Waals surface area contributed by atoms with Crippen molar-refractivity contribution in [3.05, 3.63) is 29.8 Å². The van der Waals surface area contributed by atoms with Crippen molar-refractivity contribution >= 4 is 17.7 Å². The summed E-state index contributed by atoms with van der Waals surface area (Å²) >= 11 is 0. The standard InChI is InChI=1S/C11H12N2O2/c12-5-1-2-8-3-4-9-10(6-8)15-7-11(14)13-9/h1-4,6H,5,7,12H2,(H,13,14). The SMILES string of the molecule is NCC=Cc1ccc2c(c1)OCC(=O)N2. The number of nitrogens with two attached hydrogens (primary N) is 1. The minimum atomic E-state index is -0.118. The predicted octanol–water partition coefficient (Wildman–Crippen LogP) is 0.989. The van der Waals surface area contributed by atoms with Crippen molar-refractivity contribution < 1.29 is 9.53 Å². The van der Waals surface area contributed by atoms with Gasteiger partial charge in [-0.05, 0) is 17.7 Å². The molecule has 0 fully saturated rings. The smallest absolute Gasteiger partial charge is 0.262 e. The molecule has 15 heavy (non-hydrogen) atoms. The molecular weight excluding hydrogens is 192 g/mol. The van der Waals surface area contributed by atoms with Crippen LogP contribution in [0.25, 0.3) is 6.08 Å². The number of carbonyl (C=O) groups is 1. The fourth-order valence-electron chi connectivity index (χ4n) is 1.40. The van der Waals surface area contributed by atoms with Crippen LogP contribution in [0, 0.1) is 0 Å². The van der Waals surface area contributed by atoms with E-state index in [1.54, 1.807) is 0 Å². The first-order chi connectivity index (χ1) is 7.29. The first kappa shape index (κ1) is 9.73. The van der Waals surface area contributed by atoms with E-state index in [0.29, 0.717) is 12.3 Å². The maximum atomic E-state index is 11.0. The van der Waals surface area contributed by atoms with Crippen molar-refractivity contribution in [3.8, 4) is 5.75 Å². The molecule has 0 unspecified atom stereocenters. The summed E-state index contributed by atoms with van der Waals surface area (Å²) in [7, 11) is 0. The van der Waals surface area contributed by atoms with Gasteiger partial charge in [0.2, 0.25) is 0 Å².